The van der Waals surface area contributed by atoms with Gasteiger partial charge in [-0.2, -0.15) is 4.98 Å². The van der Waals surface area contributed by atoms with Crippen LogP contribution in [0.1, 0.15) is 17.1 Å². The smallest absolute Gasteiger partial charge is 0.316 e. The Hall–Kier alpha value is -3.16. The summed E-state index contributed by atoms with van der Waals surface area (Å²) in [4.78, 5) is 20.1. The lowest BCUT2D eigenvalue weighted by Crippen LogP contribution is -2.25. The van der Waals surface area contributed by atoms with Gasteiger partial charge in [0.2, 0.25) is 5.82 Å². The maximum Gasteiger partial charge on any atom is 0.316 e. The van der Waals surface area contributed by atoms with Crippen molar-refractivity contribution < 1.29 is 14.1 Å². The normalized spacial score (nSPS) is 10.5. The van der Waals surface area contributed by atoms with Gasteiger partial charge < -0.3 is 19.1 Å². The molecule has 0 aliphatic heterocycles. The Balaban J connectivity index is 1.55. The van der Waals surface area contributed by atoms with Crippen LogP contribution in [0.15, 0.2) is 47.5 Å². The molecule has 8 heteroatoms. The predicted molar refractivity (Wildman–Crippen MR) is 85.5 cm³/mol. The van der Waals surface area contributed by atoms with Gasteiger partial charge in [-0.15, -0.1) is 0 Å². The Labute approximate surface area is 138 Å². The van der Waals surface area contributed by atoms with Crippen molar-refractivity contribution in [3.63, 3.8) is 0 Å². The molecule has 1 N–H and O–H groups in total. The summed E-state index contributed by atoms with van der Waals surface area (Å²) in [5, 5.41) is 6.59. The van der Waals surface area contributed by atoms with E-state index in [2.05, 4.69) is 20.4 Å². The maximum absolute atomic E-state index is 12.0. The topological polar surface area (TPSA) is 95.1 Å². The summed E-state index contributed by atoms with van der Waals surface area (Å²) < 4.78 is 12.1. The zero-order valence-corrected chi connectivity index (χ0v) is 13.2. The van der Waals surface area contributed by atoms with Crippen molar-refractivity contribution in [3.05, 3.63) is 48.9 Å². The van der Waals surface area contributed by atoms with E-state index in [1.165, 1.54) is 0 Å². The molecule has 8 nitrogen and oxygen atoms in total. The monoisotopic (exact) mass is 327 g/mol. The number of rotatable bonds is 7. The standard InChI is InChI=1S/C16H17N5O3/c1-23-13-5-2-4-12(10-13)14-19-16(24-20-14)15(22)18-6-3-8-21-9-7-17-11-21/h2,4-5,7,9-11H,3,6,8H2,1H3,(H,18,22). The number of nitrogens with zero attached hydrogens (tertiary/aromatic N) is 4. The minimum absolute atomic E-state index is 0.0598. The first kappa shape index (κ1) is 15.7. The molecule has 0 radical (unpaired) electrons. The minimum Gasteiger partial charge on any atom is -0.497 e. The number of nitrogens with one attached hydrogen (secondary N) is 1. The molecular formula is C16H17N5O3. The van der Waals surface area contributed by atoms with Crippen LogP contribution in [0, 0.1) is 0 Å². The Morgan fingerprint density at radius 3 is 3.12 bits per heavy atom. The van der Waals surface area contributed by atoms with E-state index in [1.807, 2.05) is 29.0 Å². The van der Waals surface area contributed by atoms with Crippen LogP contribution >= 0.6 is 0 Å². The number of carbonyl (C=O) groups is 1. The van der Waals surface area contributed by atoms with Crippen LogP contribution in [-0.4, -0.2) is 39.3 Å². The first-order chi connectivity index (χ1) is 11.8. The van der Waals surface area contributed by atoms with E-state index < -0.39 is 0 Å². The number of aromatic nitrogens is 4. The van der Waals surface area contributed by atoms with Crippen molar-refractivity contribution in [2.75, 3.05) is 13.7 Å². The average molecular weight is 327 g/mol. The summed E-state index contributed by atoms with van der Waals surface area (Å²) in [7, 11) is 1.58. The number of amides is 1. The van der Waals surface area contributed by atoms with Gasteiger partial charge in [0.05, 0.1) is 13.4 Å². The zero-order chi connectivity index (χ0) is 16.8. The summed E-state index contributed by atoms with van der Waals surface area (Å²) in [6, 6.07) is 7.23. The number of carbonyl (C=O) groups excluding carboxylic acids is 1. The quantitative estimate of drug-likeness (QED) is 0.664. The largest absolute Gasteiger partial charge is 0.497 e. The summed E-state index contributed by atoms with van der Waals surface area (Å²) in [5.74, 6) is 0.581. The zero-order valence-electron chi connectivity index (χ0n) is 13.2. The summed E-state index contributed by atoms with van der Waals surface area (Å²) in [6.45, 7) is 1.28. The molecular weight excluding hydrogens is 310 g/mol. The summed E-state index contributed by atoms with van der Waals surface area (Å²) in [5.41, 5.74) is 0.720. The summed E-state index contributed by atoms with van der Waals surface area (Å²) >= 11 is 0. The van der Waals surface area contributed by atoms with Crippen molar-refractivity contribution in [1.82, 2.24) is 25.0 Å². The van der Waals surface area contributed by atoms with Crippen LogP contribution in [0.5, 0.6) is 5.75 Å². The number of hydrogen-bond acceptors (Lipinski definition) is 6. The van der Waals surface area contributed by atoms with Crippen molar-refractivity contribution in [2.24, 2.45) is 0 Å². The number of hydrogen-bond donors (Lipinski definition) is 1. The molecule has 0 saturated carbocycles. The average Bonchev–Trinajstić information content (AvgIpc) is 3.30. The molecule has 1 aromatic carbocycles. The molecule has 124 valence electrons. The molecule has 0 aliphatic carbocycles. The minimum atomic E-state index is -0.387. The van der Waals surface area contributed by atoms with Crippen molar-refractivity contribution in [2.45, 2.75) is 13.0 Å². The van der Waals surface area contributed by atoms with Crippen molar-refractivity contribution >= 4 is 5.91 Å². The number of benzene rings is 1. The van der Waals surface area contributed by atoms with Crippen LogP contribution in [-0.2, 0) is 6.54 Å². The van der Waals surface area contributed by atoms with Gasteiger partial charge >= 0.3 is 11.8 Å². The van der Waals surface area contributed by atoms with Crippen LogP contribution in [0.2, 0.25) is 0 Å². The Bertz CT molecular complexity index is 798. The molecule has 0 fully saturated rings. The molecule has 0 spiro atoms. The van der Waals surface area contributed by atoms with Crippen LogP contribution < -0.4 is 10.1 Å². The Kier molecular flexibility index (Phi) is 4.85. The molecule has 2 heterocycles. The van der Waals surface area contributed by atoms with E-state index in [1.54, 1.807) is 25.7 Å². The maximum atomic E-state index is 12.0. The SMILES string of the molecule is COc1cccc(-c2noc(C(=O)NCCCn3ccnc3)n2)c1. The van der Waals surface area contributed by atoms with E-state index in [-0.39, 0.29) is 11.8 Å². The fourth-order valence-corrected chi connectivity index (χ4v) is 2.15. The molecule has 2 aromatic heterocycles. The van der Waals surface area contributed by atoms with Gasteiger partial charge in [0.15, 0.2) is 0 Å². The third kappa shape index (κ3) is 3.78. The van der Waals surface area contributed by atoms with E-state index >= 15 is 0 Å². The molecule has 3 aromatic rings. The third-order valence-electron chi connectivity index (χ3n) is 3.39. The summed E-state index contributed by atoms with van der Waals surface area (Å²) in [6.07, 6.45) is 6.11. The molecule has 1 amide bonds. The first-order valence-corrected chi connectivity index (χ1v) is 7.48. The Morgan fingerprint density at radius 2 is 2.33 bits per heavy atom. The second kappa shape index (κ2) is 7.40. The fraction of sp³-hybridized carbons (Fsp3) is 0.250. The molecule has 3 rings (SSSR count). The highest BCUT2D eigenvalue weighted by Crippen LogP contribution is 2.21. The number of methoxy groups -OCH3 is 1. The molecule has 0 saturated heterocycles. The lowest BCUT2D eigenvalue weighted by atomic mass is 10.2. The number of imidazole rings is 1. The van der Waals surface area contributed by atoms with Gasteiger partial charge in [0, 0.05) is 31.0 Å². The lowest BCUT2D eigenvalue weighted by molar-refractivity contribution is 0.0909. The number of aryl methyl sites for hydroxylation is 1. The molecule has 0 aliphatic rings. The van der Waals surface area contributed by atoms with E-state index in [0.29, 0.717) is 18.1 Å². The van der Waals surface area contributed by atoms with Crippen LogP contribution in [0.25, 0.3) is 11.4 Å². The lowest BCUT2D eigenvalue weighted by Gasteiger charge is -2.03. The van der Waals surface area contributed by atoms with Gasteiger partial charge in [-0.25, -0.2) is 4.98 Å². The van der Waals surface area contributed by atoms with Gasteiger partial charge in [-0.05, 0) is 18.6 Å². The highest BCUT2D eigenvalue weighted by atomic mass is 16.5. The predicted octanol–water partition coefficient (Wildman–Crippen LogP) is 1.76. The third-order valence-corrected chi connectivity index (χ3v) is 3.39. The Morgan fingerprint density at radius 1 is 1.42 bits per heavy atom. The fourth-order valence-electron chi connectivity index (χ4n) is 2.15. The second-order valence-corrected chi connectivity index (χ2v) is 5.07. The highest BCUT2D eigenvalue weighted by Gasteiger charge is 2.15. The van der Waals surface area contributed by atoms with Gasteiger partial charge in [-0.3, -0.25) is 4.79 Å². The molecule has 24 heavy (non-hydrogen) atoms. The van der Waals surface area contributed by atoms with Gasteiger partial charge in [-0.1, -0.05) is 17.3 Å². The van der Waals surface area contributed by atoms with E-state index in [0.717, 1.165) is 18.5 Å². The van der Waals surface area contributed by atoms with Gasteiger partial charge in [0.1, 0.15) is 5.75 Å². The van der Waals surface area contributed by atoms with E-state index in [4.69, 9.17) is 9.26 Å². The second-order valence-electron chi connectivity index (χ2n) is 5.07. The van der Waals surface area contributed by atoms with Gasteiger partial charge in [0.25, 0.3) is 0 Å². The highest BCUT2D eigenvalue weighted by molar-refractivity contribution is 5.89. The van der Waals surface area contributed by atoms with E-state index in [9.17, 15) is 4.79 Å². The number of ether oxygens (including phenoxy) is 1. The molecule has 0 atom stereocenters. The molecule has 0 unspecified atom stereocenters. The van der Waals surface area contributed by atoms with Crippen LogP contribution in [0.4, 0.5) is 0 Å². The van der Waals surface area contributed by atoms with Crippen LogP contribution in [0.3, 0.4) is 0 Å². The first-order valence-electron chi connectivity index (χ1n) is 7.48. The van der Waals surface area contributed by atoms with Crippen molar-refractivity contribution in [3.8, 4) is 17.1 Å². The molecule has 0 bridgehead atoms. The van der Waals surface area contributed by atoms with Crippen molar-refractivity contribution in [1.29, 1.82) is 0 Å².